The van der Waals surface area contributed by atoms with Crippen LogP contribution in [0.1, 0.15) is 23.4 Å². The third-order valence-electron chi connectivity index (χ3n) is 2.74. The molecule has 1 heterocycles. The quantitative estimate of drug-likeness (QED) is 0.643. The minimum Gasteiger partial charge on any atom is -0.305 e. The molecule has 0 radical (unpaired) electrons. The molecule has 2 rings (SSSR count). The zero-order chi connectivity index (χ0) is 14.0. The normalized spacial score (nSPS) is 12.7. The molecule has 0 bridgehead atoms. The summed E-state index contributed by atoms with van der Waals surface area (Å²) >= 11 is 25.6. The maximum atomic E-state index is 6.20. The van der Waals surface area contributed by atoms with Gasteiger partial charge in [-0.25, -0.2) is 0 Å². The van der Waals surface area contributed by atoms with Crippen molar-refractivity contribution in [2.75, 3.05) is 0 Å². The summed E-state index contributed by atoms with van der Waals surface area (Å²) in [6.07, 6.45) is 0. The molecular weight excluding hydrogens is 344 g/mol. The van der Waals surface area contributed by atoms with Gasteiger partial charge >= 0.3 is 0 Å². The molecule has 2 aromatic rings. The van der Waals surface area contributed by atoms with Gasteiger partial charge in [-0.15, -0.1) is 11.3 Å². The van der Waals surface area contributed by atoms with Crippen molar-refractivity contribution in [2.45, 2.75) is 19.5 Å². The van der Waals surface area contributed by atoms with E-state index in [9.17, 15) is 0 Å². The molecule has 0 aliphatic carbocycles. The Morgan fingerprint density at radius 3 is 2.42 bits per heavy atom. The fourth-order valence-corrected chi connectivity index (χ4v) is 3.43. The van der Waals surface area contributed by atoms with E-state index >= 15 is 0 Å². The van der Waals surface area contributed by atoms with Gasteiger partial charge in [0.15, 0.2) is 0 Å². The third-order valence-corrected chi connectivity index (χ3v) is 5.28. The van der Waals surface area contributed by atoms with E-state index < -0.39 is 0 Å². The first kappa shape index (κ1) is 15.4. The number of rotatable bonds is 4. The second-order valence-corrected chi connectivity index (χ2v) is 7.04. The summed E-state index contributed by atoms with van der Waals surface area (Å²) in [6.45, 7) is 2.76. The molecule has 1 aromatic carbocycles. The summed E-state index contributed by atoms with van der Waals surface area (Å²) in [5.74, 6) is 0. The van der Waals surface area contributed by atoms with E-state index in [0.717, 1.165) is 16.4 Å². The Bertz CT molecular complexity index is 582. The van der Waals surface area contributed by atoms with Gasteiger partial charge < -0.3 is 5.32 Å². The molecule has 6 heteroatoms. The van der Waals surface area contributed by atoms with Gasteiger partial charge in [-0.2, -0.15) is 0 Å². The number of nitrogens with one attached hydrogen (secondary N) is 1. The third kappa shape index (κ3) is 3.78. The first-order valence-corrected chi connectivity index (χ1v) is 7.93. The van der Waals surface area contributed by atoms with E-state index in [1.807, 2.05) is 25.1 Å². The van der Waals surface area contributed by atoms with Crippen molar-refractivity contribution in [1.82, 2.24) is 5.32 Å². The van der Waals surface area contributed by atoms with Gasteiger partial charge in [0.25, 0.3) is 0 Å². The van der Waals surface area contributed by atoms with E-state index in [4.69, 9.17) is 46.4 Å². The Morgan fingerprint density at radius 1 is 1.05 bits per heavy atom. The Kier molecular flexibility index (Phi) is 5.41. The fourth-order valence-electron chi connectivity index (χ4n) is 1.69. The van der Waals surface area contributed by atoms with Crippen LogP contribution in [0.15, 0.2) is 24.3 Å². The Hall–Kier alpha value is 0.0400. The number of benzene rings is 1. The van der Waals surface area contributed by atoms with Crippen LogP contribution in [-0.4, -0.2) is 0 Å². The van der Waals surface area contributed by atoms with Gasteiger partial charge in [0.05, 0.1) is 19.4 Å². The average molecular weight is 355 g/mol. The highest BCUT2D eigenvalue weighted by Crippen LogP contribution is 2.35. The van der Waals surface area contributed by atoms with Crippen molar-refractivity contribution in [2.24, 2.45) is 0 Å². The maximum absolute atomic E-state index is 6.20. The highest BCUT2D eigenvalue weighted by atomic mass is 35.5. The molecule has 1 atom stereocenters. The highest BCUT2D eigenvalue weighted by molar-refractivity contribution is 7.16. The predicted octanol–water partition coefficient (Wildman–Crippen LogP) is 6.21. The van der Waals surface area contributed by atoms with Crippen molar-refractivity contribution >= 4 is 57.7 Å². The van der Waals surface area contributed by atoms with Crippen LogP contribution in [0.2, 0.25) is 19.4 Å². The molecule has 0 spiro atoms. The lowest BCUT2D eigenvalue weighted by Crippen LogP contribution is -2.17. The lowest BCUT2D eigenvalue weighted by Gasteiger charge is -2.16. The molecule has 1 unspecified atom stereocenters. The Morgan fingerprint density at radius 2 is 1.79 bits per heavy atom. The predicted molar refractivity (Wildman–Crippen MR) is 86.1 cm³/mol. The summed E-state index contributed by atoms with van der Waals surface area (Å²) in [6, 6.07) is 7.60. The van der Waals surface area contributed by atoms with Crippen LogP contribution in [0.3, 0.4) is 0 Å². The van der Waals surface area contributed by atoms with Gasteiger partial charge in [0, 0.05) is 17.5 Å². The molecule has 0 aliphatic heterocycles. The zero-order valence-corrected chi connectivity index (χ0v) is 13.9. The fraction of sp³-hybridized carbons (Fsp3) is 0.231. The largest absolute Gasteiger partial charge is 0.305 e. The van der Waals surface area contributed by atoms with Crippen LogP contribution in [0.25, 0.3) is 0 Å². The minimum absolute atomic E-state index is 0.0724. The summed E-state index contributed by atoms with van der Waals surface area (Å²) in [5.41, 5.74) is 0.929. The van der Waals surface area contributed by atoms with Crippen molar-refractivity contribution < 1.29 is 0 Å². The molecule has 0 amide bonds. The maximum Gasteiger partial charge on any atom is 0.0931 e. The SMILES string of the molecule is CC(NCc1ccc(Cl)s1)c1ccc(Cl)c(Cl)c1Cl. The van der Waals surface area contributed by atoms with Crippen LogP contribution in [-0.2, 0) is 6.54 Å². The van der Waals surface area contributed by atoms with Gasteiger partial charge in [0.2, 0.25) is 0 Å². The number of hydrogen-bond donors (Lipinski definition) is 1. The van der Waals surface area contributed by atoms with Gasteiger partial charge in [-0.1, -0.05) is 52.5 Å². The smallest absolute Gasteiger partial charge is 0.0931 e. The molecule has 0 fully saturated rings. The summed E-state index contributed by atoms with van der Waals surface area (Å²) in [4.78, 5) is 1.17. The molecule has 1 aromatic heterocycles. The van der Waals surface area contributed by atoms with Gasteiger partial charge in [-0.05, 0) is 30.7 Å². The molecule has 0 saturated heterocycles. The van der Waals surface area contributed by atoms with E-state index in [-0.39, 0.29) is 6.04 Å². The number of halogens is 4. The number of thiophene rings is 1. The van der Waals surface area contributed by atoms with Crippen molar-refractivity contribution in [1.29, 1.82) is 0 Å². The minimum atomic E-state index is 0.0724. The first-order chi connectivity index (χ1) is 8.99. The molecule has 102 valence electrons. The molecule has 1 nitrogen and oxygen atoms in total. The van der Waals surface area contributed by atoms with E-state index in [0.29, 0.717) is 15.1 Å². The van der Waals surface area contributed by atoms with E-state index in [1.165, 1.54) is 4.88 Å². The Balaban J connectivity index is 2.08. The molecule has 19 heavy (non-hydrogen) atoms. The average Bonchev–Trinajstić information content (AvgIpc) is 2.79. The number of hydrogen-bond acceptors (Lipinski definition) is 2. The van der Waals surface area contributed by atoms with Crippen LogP contribution in [0.4, 0.5) is 0 Å². The van der Waals surface area contributed by atoms with Crippen molar-refractivity contribution in [3.05, 3.63) is 54.1 Å². The standard InChI is InChI=1S/C13H11Cl4NS/c1-7(18-6-8-2-5-11(15)19-8)9-3-4-10(14)13(17)12(9)16/h2-5,7,18H,6H2,1H3. The van der Waals surface area contributed by atoms with Crippen LogP contribution >= 0.6 is 57.7 Å². The lowest BCUT2D eigenvalue weighted by molar-refractivity contribution is 0.579. The van der Waals surface area contributed by atoms with Gasteiger partial charge in [-0.3, -0.25) is 0 Å². The second-order valence-electron chi connectivity index (χ2n) is 4.07. The highest BCUT2D eigenvalue weighted by Gasteiger charge is 2.14. The van der Waals surface area contributed by atoms with E-state index in [1.54, 1.807) is 17.4 Å². The zero-order valence-electron chi connectivity index (χ0n) is 10.0. The molecule has 0 saturated carbocycles. The van der Waals surface area contributed by atoms with Gasteiger partial charge in [0.1, 0.15) is 0 Å². The monoisotopic (exact) mass is 353 g/mol. The van der Waals surface area contributed by atoms with Crippen molar-refractivity contribution in [3.8, 4) is 0 Å². The van der Waals surface area contributed by atoms with Crippen molar-refractivity contribution in [3.63, 3.8) is 0 Å². The summed E-state index contributed by atoms with van der Waals surface area (Å²) in [7, 11) is 0. The van der Waals surface area contributed by atoms with Crippen LogP contribution in [0.5, 0.6) is 0 Å². The first-order valence-electron chi connectivity index (χ1n) is 5.60. The topological polar surface area (TPSA) is 12.0 Å². The van der Waals surface area contributed by atoms with Crippen LogP contribution in [0, 0.1) is 0 Å². The lowest BCUT2D eigenvalue weighted by atomic mass is 10.1. The molecule has 1 N–H and O–H groups in total. The van der Waals surface area contributed by atoms with E-state index in [2.05, 4.69) is 5.32 Å². The van der Waals surface area contributed by atoms with Crippen LogP contribution < -0.4 is 5.32 Å². The second kappa shape index (κ2) is 6.66. The summed E-state index contributed by atoms with van der Waals surface area (Å²) in [5, 5.41) is 4.74. The molecule has 0 aliphatic rings. The Labute approximate surface area is 136 Å². The summed E-state index contributed by atoms with van der Waals surface area (Å²) < 4.78 is 0.789. The molecular formula is C13H11Cl4NS.